The third-order valence-electron chi connectivity index (χ3n) is 9.26. The van der Waals surface area contributed by atoms with E-state index in [1.165, 1.54) is 11.1 Å². The summed E-state index contributed by atoms with van der Waals surface area (Å²) >= 11 is 0. The van der Waals surface area contributed by atoms with Crippen LogP contribution in [0.25, 0.3) is 0 Å². The number of benzene rings is 1. The van der Waals surface area contributed by atoms with Crippen molar-refractivity contribution in [2.75, 3.05) is 0 Å². The third kappa shape index (κ3) is 3.45. The molecule has 8 heteroatoms. The highest BCUT2D eigenvalue weighted by atomic mass is 31.1. The number of ether oxygens (including phenoxy) is 6. The monoisotopic (exact) mass is 534 g/mol. The van der Waals surface area contributed by atoms with Crippen molar-refractivity contribution in [1.29, 1.82) is 0 Å². The Morgan fingerprint density at radius 1 is 0.500 bits per heavy atom. The fraction of sp³-hybridized carbons (Fsp3) is 0.786. The molecule has 8 unspecified atom stereocenters. The lowest BCUT2D eigenvalue weighted by Crippen LogP contribution is -2.71. The minimum atomic E-state index is -0.603. The Kier molecular flexibility index (Phi) is 4.79. The highest BCUT2D eigenvalue weighted by Crippen LogP contribution is 2.79. The fourth-order valence-electron chi connectivity index (χ4n) is 9.15. The first-order valence-corrected chi connectivity index (χ1v) is 16.4. The Balaban J connectivity index is 1.21. The van der Waals surface area contributed by atoms with Crippen LogP contribution >= 0.6 is 15.8 Å². The normalized spacial score (nSPS) is 58.6. The summed E-state index contributed by atoms with van der Waals surface area (Å²) < 4.78 is 39.4. The molecule has 0 saturated carbocycles. The molecule has 0 N–H and O–H groups in total. The summed E-state index contributed by atoms with van der Waals surface area (Å²) in [6.07, 6.45) is 5.09. The van der Waals surface area contributed by atoms with Gasteiger partial charge in [0.05, 0.1) is 21.4 Å². The van der Waals surface area contributed by atoms with E-state index >= 15 is 0 Å². The average Bonchev–Trinajstić information content (AvgIpc) is 2.63. The van der Waals surface area contributed by atoms with Crippen LogP contribution < -0.4 is 0 Å². The van der Waals surface area contributed by atoms with Gasteiger partial charge in [0.1, 0.15) is 0 Å². The maximum absolute atomic E-state index is 6.71. The van der Waals surface area contributed by atoms with Crippen molar-refractivity contribution in [2.45, 2.75) is 138 Å². The van der Waals surface area contributed by atoms with Gasteiger partial charge in [0.15, 0.2) is 23.1 Å². The van der Waals surface area contributed by atoms with Gasteiger partial charge >= 0.3 is 0 Å². The van der Waals surface area contributed by atoms with Crippen LogP contribution in [-0.4, -0.2) is 44.5 Å². The van der Waals surface area contributed by atoms with Crippen molar-refractivity contribution in [2.24, 2.45) is 0 Å². The van der Waals surface area contributed by atoms with E-state index in [1.807, 2.05) is 0 Å². The number of rotatable bonds is 4. The van der Waals surface area contributed by atoms with E-state index in [2.05, 4.69) is 79.7 Å². The lowest BCUT2D eigenvalue weighted by atomic mass is 9.98. The molecule has 0 aliphatic carbocycles. The first-order valence-electron chi connectivity index (χ1n) is 13.3. The van der Waals surface area contributed by atoms with Crippen LogP contribution in [0.15, 0.2) is 24.3 Å². The second kappa shape index (κ2) is 6.94. The SMILES string of the molecule is CC12CC3(C)OC(C)(CC(C)(O1)P3Cc1ccccc1CP1C3(C)CC4(C)OC(C)(CC1(C)O4)O3)O2. The van der Waals surface area contributed by atoms with Gasteiger partial charge < -0.3 is 28.4 Å². The predicted molar refractivity (Wildman–Crippen MR) is 140 cm³/mol. The molecule has 8 atom stereocenters. The zero-order valence-electron chi connectivity index (χ0n) is 22.9. The second-order valence-corrected chi connectivity index (χ2v) is 19.6. The highest BCUT2D eigenvalue weighted by molar-refractivity contribution is 7.60. The second-order valence-electron chi connectivity index (χ2n) is 13.5. The maximum Gasteiger partial charge on any atom is 0.173 e. The van der Waals surface area contributed by atoms with Gasteiger partial charge in [-0.15, -0.1) is 0 Å². The standard InChI is InChI=1S/C28H40O6P2/c1-21-15-25(5)32-22(2,29-21)16-26(6,31-21)35(25)13-19-11-9-10-12-20(19)14-36-27(7)17-23(3)30-24(4,34-27)18-28(36,8)33-23/h9-12H,13-18H2,1-8H3. The molecule has 9 rings (SSSR count). The van der Waals surface area contributed by atoms with E-state index in [9.17, 15) is 0 Å². The van der Waals surface area contributed by atoms with Crippen LogP contribution in [0, 0.1) is 0 Å². The van der Waals surface area contributed by atoms with Crippen molar-refractivity contribution >= 4 is 15.8 Å². The summed E-state index contributed by atoms with van der Waals surface area (Å²) in [5, 5.41) is -0.912. The molecular weight excluding hydrogens is 494 g/mol. The minimum absolute atomic E-state index is 0.228. The van der Waals surface area contributed by atoms with Crippen molar-refractivity contribution in [3.05, 3.63) is 35.4 Å². The van der Waals surface area contributed by atoms with E-state index in [0.717, 1.165) is 38.0 Å². The van der Waals surface area contributed by atoms with E-state index < -0.39 is 39.0 Å². The first-order chi connectivity index (χ1) is 16.5. The van der Waals surface area contributed by atoms with Gasteiger partial charge in [0, 0.05) is 25.7 Å². The van der Waals surface area contributed by atoms with Gasteiger partial charge in [-0.1, -0.05) is 24.3 Å². The summed E-state index contributed by atoms with van der Waals surface area (Å²) in [5.41, 5.74) is 2.83. The molecule has 8 bridgehead atoms. The quantitative estimate of drug-likeness (QED) is 0.384. The molecule has 8 aliphatic rings. The molecule has 0 amide bonds. The van der Waals surface area contributed by atoms with Crippen molar-refractivity contribution in [3.8, 4) is 0 Å². The van der Waals surface area contributed by atoms with Gasteiger partial charge in [0.25, 0.3) is 0 Å². The number of hydrogen-bond acceptors (Lipinski definition) is 6. The van der Waals surface area contributed by atoms with Gasteiger partial charge in [-0.3, -0.25) is 0 Å². The molecule has 8 saturated heterocycles. The molecule has 198 valence electrons. The minimum Gasteiger partial charge on any atom is -0.339 e. The summed E-state index contributed by atoms with van der Waals surface area (Å²) in [6, 6.07) is 9.00. The van der Waals surface area contributed by atoms with Crippen LogP contribution in [0.1, 0.15) is 92.2 Å². The Hall–Kier alpha value is -0.160. The highest BCUT2D eigenvalue weighted by Gasteiger charge is 2.72. The van der Waals surface area contributed by atoms with Crippen LogP contribution in [0.2, 0.25) is 0 Å². The average molecular weight is 535 g/mol. The molecule has 0 aromatic heterocycles. The lowest BCUT2D eigenvalue weighted by Gasteiger charge is -2.70. The van der Waals surface area contributed by atoms with Crippen molar-refractivity contribution < 1.29 is 28.4 Å². The predicted octanol–water partition coefficient (Wildman–Crippen LogP) is 7.12. The summed E-state index contributed by atoms with van der Waals surface area (Å²) in [4.78, 5) is 0. The molecule has 1 aromatic rings. The van der Waals surface area contributed by atoms with Gasteiger partial charge in [0.2, 0.25) is 0 Å². The Bertz CT molecular complexity index is 964. The van der Waals surface area contributed by atoms with Crippen molar-refractivity contribution in [3.63, 3.8) is 0 Å². The van der Waals surface area contributed by atoms with Crippen LogP contribution in [0.4, 0.5) is 0 Å². The third-order valence-corrected chi connectivity index (χ3v) is 16.1. The summed E-state index contributed by atoms with van der Waals surface area (Å²) in [6.45, 7) is 17.5. The number of hydrogen-bond donors (Lipinski definition) is 0. The first kappa shape index (κ1) is 24.9. The van der Waals surface area contributed by atoms with Crippen LogP contribution in [-0.2, 0) is 40.7 Å². The molecule has 36 heavy (non-hydrogen) atoms. The molecule has 6 nitrogen and oxygen atoms in total. The van der Waals surface area contributed by atoms with E-state index in [4.69, 9.17) is 28.4 Å². The molecule has 0 radical (unpaired) electrons. The molecular formula is C28H40O6P2. The van der Waals surface area contributed by atoms with E-state index in [1.54, 1.807) is 0 Å². The molecule has 8 aliphatic heterocycles. The summed E-state index contributed by atoms with van der Waals surface area (Å²) in [7, 11) is -1.21. The lowest BCUT2D eigenvalue weighted by molar-refractivity contribution is -0.469. The Morgan fingerprint density at radius 3 is 1.06 bits per heavy atom. The smallest absolute Gasteiger partial charge is 0.173 e. The molecule has 8 fully saturated rings. The van der Waals surface area contributed by atoms with Crippen molar-refractivity contribution in [1.82, 2.24) is 0 Å². The van der Waals surface area contributed by atoms with Gasteiger partial charge in [-0.2, -0.15) is 0 Å². The Morgan fingerprint density at radius 2 is 0.778 bits per heavy atom. The van der Waals surface area contributed by atoms with Gasteiger partial charge in [-0.25, -0.2) is 0 Å². The van der Waals surface area contributed by atoms with Crippen LogP contribution in [0.5, 0.6) is 0 Å². The maximum atomic E-state index is 6.71. The van der Waals surface area contributed by atoms with E-state index in [-0.39, 0.29) is 21.4 Å². The summed E-state index contributed by atoms with van der Waals surface area (Å²) in [5.74, 6) is -2.27. The zero-order chi connectivity index (χ0) is 25.6. The van der Waals surface area contributed by atoms with Crippen LogP contribution in [0.3, 0.4) is 0 Å². The van der Waals surface area contributed by atoms with Gasteiger partial charge in [-0.05, 0) is 94.7 Å². The molecule has 0 spiro atoms. The topological polar surface area (TPSA) is 55.4 Å². The van der Waals surface area contributed by atoms with E-state index in [0.29, 0.717) is 0 Å². The fourth-order valence-corrected chi connectivity index (χ4v) is 16.9. The zero-order valence-corrected chi connectivity index (χ0v) is 24.7. The molecule has 1 aromatic carbocycles. The largest absolute Gasteiger partial charge is 0.339 e. The molecule has 8 heterocycles. The Labute approximate surface area is 217 Å².